The van der Waals surface area contributed by atoms with Crippen molar-refractivity contribution in [2.24, 2.45) is 0 Å². The molecule has 6 nitrogen and oxygen atoms in total. The summed E-state index contributed by atoms with van der Waals surface area (Å²) in [6.07, 6.45) is 1.48. The van der Waals surface area contributed by atoms with E-state index in [4.69, 9.17) is 4.74 Å². The molecule has 1 heterocycles. The van der Waals surface area contributed by atoms with Crippen molar-refractivity contribution in [2.45, 2.75) is 6.92 Å². The highest BCUT2D eigenvalue weighted by atomic mass is 16.5. The van der Waals surface area contributed by atoms with E-state index in [9.17, 15) is 9.59 Å². The fraction of sp³-hybridized carbons (Fsp3) is 0.154. The highest BCUT2D eigenvalue weighted by Crippen LogP contribution is 2.29. The Labute approximate surface area is 109 Å². The van der Waals surface area contributed by atoms with E-state index < -0.39 is 0 Å². The van der Waals surface area contributed by atoms with Crippen molar-refractivity contribution in [1.82, 2.24) is 10.2 Å². The van der Waals surface area contributed by atoms with Gasteiger partial charge in [0.25, 0.3) is 5.56 Å². The number of nitrogens with one attached hydrogen (secondary N) is 2. The molecule has 0 fully saturated rings. The number of H-pyrrole nitrogens is 1. The van der Waals surface area contributed by atoms with Crippen molar-refractivity contribution in [3.63, 3.8) is 0 Å². The zero-order valence-corrected chi connectivity index (χ0v) is 10.6. The van der Waals surface area contributed by atoms with Gasteiger partial charge in [0, 0.05) is 24.4 Å². The molecule has 0 aliphatic heterocycles. The Bertz CT molecular complexity index is 664. The third-order valence-corrected chi connectivity index (χ3v) is 2.55. The van der Waals surface area contributed by atoms with Gasteiger partial charge in [-0.2, -0.15) is 5.10 Å². The summed E-state index contributed by atoms with van der Waals surface area (Å²) in [5, 5.41) is 8.69. The summed E-state index contributed by atoms with van der Waals surface area (Å²) in [4.78, 5) is 23.0. The van der Waals surface area contributed by atoms with Gasteiger partial charge < -0.3 is 10.1 Å². The highest BCUT2D eigenvalue weighted by Gasteiger charge is 2.11. The van der Waals surface area contributed by atoms with E-state index in [1.54, 1.807) is 24.3 Å². The van der Waals surface area contributed by atoms with E-state index in [1.807, 2.05) is 0 Å². The highest BCUT2D eigenvalue weighted by molar-refractivity contribution is 5.94. The van der Waals surface area contributed by atoms with E-state index in [-0.39, 0.29) is 11.5 Å². The average molecular weight is 259 g/mol. The van der Waals surface area contributed by atoms with Crippen LogP contribution in [0.15, 0.2) is 35.3 Å². The van der Waals surface area contributed by atoms with Crippen LogP contribution in [0, 0.1) is 0 Å². The number of aromatic nitrogens is 2. The first kappa shape index (κ1) is 12.8. The Hall–Kier alpha value is -2.63. The minimum Gasteiger partial charge on any atom is -0.497 e. The first-order chi connectivity index (χ1) is 9.11. The minimum atomic E-state index is -0.331. The first-order valence-corrected chi connectivity index (χ1v) is 5.61. The molecule has 2 rings (SSSR count). The minimum absolute atomic E-state index is 0.211. The molecule has 0 aliphatic rings. The average Bonchev–Trinajstić information content (AvgIpc) is 2.39. The zero-order chi connectivity index (χ0) is 13.8. The molecule has 1 aromatic carbocycles. The summed E-state index contributed by atoms with van der Waals surface area (Å²) in [6.45, 7) is 1.41. The molecule has 19 heavy (non-hydrogen) atoms. The van der Waals surface area contributed by atoms with E-state index in [1.165, 1.54) is 20.2 Å². The van der Waals surface area contributed by atoms with Gasteiger partial charge in [-0.25, -0.2) is 5.10 Å². The maximum absolute atomic E-state index is 11.8. The summed E-state index contributed by atoms with van der Waals surface area (Å²) in [7, 11) is 1.54. The van der Waals surface area contributed by atoms with Crippen molar-refractivity contribution < 1.29 is 9.53 Å². The quantitative estimate of drug-likeness (QED) is 0.872. The van der Waals surface area contributed by atoms with Gasteiger partial charge in [0.15, 0.2) is 0 Å². The third kappa shape index (κ3) is 2.79. The van der Waals surface area contributed by atoms with Crippen LogP contribution in [0.5, 0.6) is 5.75 Å². The molecule has 0 atom stereocenters. The zero-order valence-electron chi connectivity index (χ0n) is 10.6. The molecule has 6 heteroatoms. The van der Waals surface area contributed by atoms with E-state index >= 15 is 0 Å². The lowest BCUT2D eigenvalue weighted by atomic mass is 10.1. The van der Waals surface area contributed by atoms with Crippen LogP contribution in [0.3, 0.4) is 0 Å². The fourth-order valence-corrected chi connectivity index (χ4v) is 1.73. The fourth-order valence-electron chi connectivity index (χ4n) is 1.73. The molecule has 98 valence electrons. The Balaban J connectivity index is 2.61. The number of rotatable bonds is 3. The van der Waals surface area contributed by atoms with Crippen LogP contribution in [0.2, 0.25) is 0 Å². The summed E-state index contributed by atoms with van der Waals surface area (Å²) >= 11 is 0. The lowest BCUT2D eigenvalue weighted by Crippen LogP contribution is -2.12. The van der Waals surface area contributed by atoms with Crippen LogP contribution in [0.4, 0.5) is 5.69 Å². The van der Waals surface area contributed by atoms with E-state index in [0.29, 0.717) is 22.6 Å². The predicted octanol–water partition coefficient (Wildman–Crippen LogP) is 1.40. The molecule has 2 N–H and O–H groups in total. The molecule has 0 aliphatic carbocycles. The summed E-state index contributed by atoms with van der Waals surface area (Å²) in [5.41, 5.74) is 1.21. The van der Waals surface area contributed by atoms with Crippen molar-refractivity contribution in [1.29, 1.82) is 0 Å². The largest absolute Gasteiger partial charge is 0.497 e. The number of carbonyl (C=O) groups is 1. The number of carbonyl (C=O) groups excluding carboxylic acids is 1. The Morgan fingerprint density at radius 1 is 1.32 bits per heavy atom. The number of ether oxygens (including phenoxy) is 1. The van der Waals surface area contributed by atoms with Gasteiger partial charge >= 0.3 is 0 Å². The van der Waals surface area contributed by atoms with Crippen molar-refractivity contribution in [3.8, 4) is 16.9 Å². The number of hydrogen-bond donors (Lipinski definition) is 2. The van der Waals surface area contributed by atoms with E-state index in [0.717, 1.165) is 0 Å². The van der Waals surface area contributed by atoms with Gasteiger partial charge in [-0.05, 0) is 24.3 Å². The van der Waals surface area contributed by atoms with Gasteiger partial charge in [0.1, 0.15) is 5.75 Å². The van der Waals surface area contributed by atoms with Crippen LogP contribution in [0.1, 0.15) is 6.92 Å². The third-order valence-electron chi connectivity index (χ3n) is 2.55. The number of hydrogen-bond acceptors (Lipinski definition) is 4. The second kappa shape index (κ2) is 5.34. The second-order valence-corrected chi connectivity index (χ2v) is 3.89. The van der Waals surface area contributed by atoms with Gasteiger partial charge in [0.2, 0.25) is 5.91 Å². The van der Waals surface area contributed by atoms with Crippen LogP contribution in [-0.2, 0) is 4.79 Å². The van der Waals surface area contributed by atoms with Gasteiger partial charge in [-0.15, -0.1) is 0 Å². The summed E-state index contributed by atoms with van der Waals surface area (Å²) in [6, 6.07) is 6.67. The Morgan fingerprint density at radius 3 is 2.74 bits per heavy atom. The van der Waals surface area contributed by atoms with Crippen LogP contribution in [-0.4, -0.2) is 23.2 Å². The van der Waals surface area contributed by atoms with Crippen molar-refractivity contribution in [3.05, 3.63) is 40.8 Å². The molecule has 1 aromatic heterocycles. The molecule has 0 saturated carbocycles. The standard InChI is InChI=1S/C13H13N3O3/c1-8(17)15-12-4-3-9(19-2)7-11(12)10-5-6-14-16-13(10)18/h3-7H,1-2H3,(H,15,17)(H,16,18). The predicted molar refractivity (Wildman–Crippen MR) is 71.1 cm³/mol. The Kier molecular flexibility index (Phi) is 3.61. The summed E-state index contributed by atoms with van der Waals surface area (Å²) in [5.74, 6) is 0.386. The lowest BCUT2D eigenvalue weighted by Gasteiger charge is -2.11. The first-order valence-electron chi connectivity index (χ1n) is 5.61. The molecule has 1 amide bonds. The number of anilines is 1. The SMILES string of the molecule is COc1ccc(NC(C)=O)c(-c2ccn[nH]c2=O)c1. The summed E-state index contributed by atoms with van der Waals surface area (Å²) < 4.78 is 5.14. The maximum atomic E-state index is 11.8. The number of methoxy groups -OCH3 is 1. The molecule has 0 saturated heterocycles. The molecule has 0 bridgehead atoms. The van der Waals surface area contributed by atoms with Crippen molar-refractivity contribution >= 4 is 11.6 Å². The molecule has 2 aromatic rings. The lowest BCUT2D eigenvalue weighted by molar-refractivity contribution is -0.114. The van der Waals surface area contributed by atoms with Gasteiger partial charge in [0.05, 0.1) is 12.7 Å². The van der Waals surface area contributed by atoms with Crippen LogP contribution < -0.4 is 15.6 Å². The molecular formula is C13H13N3O3. The molecule has 0 spiro atoms. The number of nitrogens with zero attached hydrogens (tertiary/aromatic N) is 1. The number of benzene rings is 1. The topological polar surface area (TPSA) is 84.1 Å². The molecular weight excluding hydrogens is 246 g/mol. The molecule has 0 radical (unpaired) electrons. The van der Waals surface area contributed by atoms with Gasteiger partial charge in [-0.3, -0.25) is 9.59 Å². The smallest absolute Gasteiger partial charge is 0.272 e. The Morgan fingerprint density at radius 2 is 2.11 bits per heavy atom. The van der Waals surface area contributed by atoms with Crippen molar-refractivity contribution in [2.75, 3.05) is 12.4 Å². The van der Waals surface area contributed by atoms with Crippen LogP contribution >= 0.6 is 0 Å². The van der Waals surface area contributed by atoms with Crippen LogP contribution in [0.25, 0.3) is 11.1 Å². The second-order valence-electron chi connectivity index (χ2n) is 3.89. The number of aromatic amines is 1. The van der Waals surface area contributed by atoms with E-state index in [2.05, 4.69) is 15.5 Å². The molecule has 0 unspecified atom stereocenters. The van der Waals surface area contributed by atoms with Gasteiger partial charge in [-0.1, -0.05) is 0 Å². The normalized spacial score (nSPS) is 10.0. The number of amides is 1. The maximum Gasteiger partial charge on any atom is 0.272 e. The monoisotopic (exact) mass is 259 g/mol.